The topological polar surface area (TPSA) is 105 Å². The van der Waals surface area contributed by atoms with E-state index in [1.165, 1.54) is 17.1 Å². The van der Waals surface area contributed by atoms with Crippen LogP contribution in [0.15, 0.2) is 12.2 Å². The van der Waals surface area contributed by atoms with Crippen LogP contribution in [-0.4, -0.2) is 40.9 Å². The van der Waals surface area contributed by atoms with Crippen molar-refractivity contribution in [2.24, 2.45) is 11.8 Å². The zero-order chi connectivity index (χ0) is 18.6. The van der Waals surface area contributed by atoms with Crippen molar-refractivity contribution in [3.63, 3.8) is 0 Å². The Kier molecular flexibility index (Phi) is 5.81. The van der Waals surface area contributed by atoms with Crippen LogP contribution in [-0.2, 0) is 19.1 Å². The van der Waals surface area contributed by atoms with Crippen LogP contribution in [0.2, 0.25) is 0 Å². The molecule has 0 atom stereocenters. The van der Waals surface area contributed by atoms with E-state index in [9.17, 15) is 19.2 Å². The normalized spacial score (nSPS) is 23.6. The summed E-state index contributed by atoms with van der Waals surface area (Å²) < 4.78 is 5.05. The Bertz CT molecular complexity index is 568. The fraction of sp³-hybridized carbons (Fsp3) is 0.647. The van der Waals surface area contributed by atoms with Crippen LogP contribution in [0.25, 0.3) is 0 Å². The average Bonchev–Trinajstić information content (AvgIpc) is 2.83. The van der Waals surface area contributed by atoms with Crippen molar-refractivity contribution in [1.82, 2.24) is 15.8 Å². The first-order chi connectivity index (χ1) is 11.7. The van der Waals surface area contributed by atoms with Crippen molar-refractivity contribution in [3.8, 4) is 0 Å². The number of nitrogens with one attached hydrogen (secondary N) is 2. The molecule has 8 heteroatoms. The lowest BCUT2D eigenvalue weighted by Gasteiger charge is -2.30. The van der Waals surface area contributed by atoms with Gasteiger partial charge in [0, 0.05) is 24.6 Å². The predicted octanol–water partition coefficient (Wildman–Crippen LogP) is 1.27. The number of carbonyl (C=O) groups is 4. The van der Waals surface area contributed by atoms with E-state index in [1.54, 1.807) is 20.8 Å². The van der Waals surface area contributed by atoms with Gasteiger partial charge in [-0.15, -0.1) is 0 Å². The van der Waals surface area contributed by atoms with Crippen molar-refractivity contribution in [2.45, 2.75) is 52.1 Å². The van der Waals surface area contributed by atoms with Crippen LogP contribution in [0.1, 0.15) is 46.5 Å². The SMILES string of the molecule is CC(C)(C)OC(=O)NNC(=O)C1CCC(CN2C(=O)C=CC2=O)CC1. The standard InChI is InChI=1S/C17H25N3O5/c1-17(2,3)25-16(24)19-18-15(23)12-6-4-11(5-7-12)10-20-13(21)8-9-14(20)22/h8-9,11-12H,4-7,10H2,1-3H3,(H,18,23)(H,19,24). The highest BCUT2D eigenvalue weighted by Gasteiger charge is 2.31. The molecule has 0 aromatic heterocycles. The molecule has 0 bridgehead atoms. The second kappa shape index (κ2) is 7.67. The average molecular weight is 351 g/mol. The van der Waals surface area contributed by atoms with Crippen LogP contribution in [0.5, 0.6) is 0 Å². The van der Waals surface area contributed by atoms with Crippen LogP contribution < -0.4 is 10.9 Å². The first kappa shape index (κ1) is 19.0. The van der Waals surface area contributed by atoms with Gasteiger partial charge in [0.15, 0.2) is 0 Å². The predicted molar refractivity (Wildman–Crippen MR) is 88.8 cm³/mol. The highest BCUT2D eigenvalue weighted by molar-refractivity contribution is 6.12. The van der Waals surface area contributed by atoms with E-state index in [-0.39, 0.29) is 29.6 Å². The van der Waals surface area contributed by atoms with E-state index in [2.05, 4.69) is 10.9 Å². The van der Waals surface area contributed by atoms with Gasteiger partial charge in [0.2, 0.25) is 5.91 Å². The third-order valence-electron chi connectivity index (χ3n) is 4.25. The Hall–Kier alpha value is -2.38. The van der Waals surface area contributed by atoms with Crippen molar-refractivity contribution < 1.29 is 23.9 Å². The first-order valence-corrected chi connectivity index (χ1v) is 8.48. The summed E-state index contributed by atoms with van der Waals surface area (Å²) in [6, 6.07) is 0. The quantitative estimate of drug-likeness (QED) is 0.588. The maximum atomic E-state index is 12.1. The van der Waals surface area contributed by atoms with Gasteiger partial charge in [-0.05, 0) is 52.4 Å². The van der Waals surface area contributed by atoms with Crippen LogP contribution in [0, 0.1) is 11.8 Å². The zero-order valence-electron chi connectivity index (χ0n) is 14.8. The molecule has 1 aliphatic heterocycles. The van der Waals surface area contributed by atoms with Crippen molar-refractivity contribution in [3.05, 3.63) is 12.2 Å². The fourth-order valence-electron chi connectivity index (χ4n) is 2.99. The van der Waals surface area contributed by atoms with Gasteiger partial charge in [0.25, 0.3) is 11.8 Å². The number of hydrogen-bond acceptors (Lipinski definition) is 5. The summed E-state index contributed by atoms with van der Waals surface area (Å²) in [5.41, 5.74) is 4.00. The molecule has 138 valence electrons. The molecule has 2 aliphatic rings. The van der Waals surface area contributed by atoms with Gasteiger partial charge in [-0.3, -0.25) is 24.7 Å². The van der Waals surface area contributed by atoms with Gasteiger partial charge < -0.3 is 4.74 Å². The Morgan fingerprint density at radius 2 is 1.64 bits per heavy atom. The number of hydrazine groups is 1. The largest absolute Gasteiger partial charge is 0.443 e. The Morgan fingerprint density at radius 1 is 1.08 bits per heavy atom. The molecule has 1 aliphatic carbocycles. The smallest absolute Gasteiger partial charge is 0.426 e. The number of carbonyl (C=O) groups excluding carboxylic acids is 4. The third kappa shape index (κ3) is 5.58. The van der Waals surface area contributed by atoms with Crippen molar-refractivity contribution >= 4 is 23.8 Å². The minimum absolute atomic E-state index is 0.200. The molecule has 0 spiro atoms. The summed E-state index contributed by atoms with van der Waals surface area (Å²) in [6.45, 7) is 5.61. The zero-order valence-corrected chi connectivity index (χ0v) is 14.8. The summed E-state index contributed by atoms with van der Waals surface area (Å²) >= 11 is 0. The molecule has 0 unspecified atom stereocenters. The molecule has 4 amide bonds. The van der Waals surface area contributed by atoms with E-state index >= 15 is 0 Å². The van der Waals surface area contributed by atoms with Gasteiger partial charge in [-0.25, -0.2) is 10.2 Å². The van der Waals surface area contributed by atoms with E-state index in [0.29, 0.717) is 19.4 Å². The molecule has 2 rings (SSSR count). The van der Waals surface area contributed by atoms with Crippen LogP contribution in [0.3, 0.4) is 0 Å². The minimum atomic E-state index is -0.701. The molecule has 8 nitrogen and oxygen atoms in total. The van der Waals surface area contributed by atoms with Crippen molar-refractivity contribution in [1.29, 1.82) is 0 Å². The summed E-state index contributed by atoms with van der Waals surface area (Å²) in [5, 5.41) is 0. The van der Waals surface area contributed by atoms with E-state index < -0.39 is 11.7 Å². The second-order valence-corrected chi connectivity index (χ2v) is 7.45. The second-order valence-electron chi connectivity index (χ2n) is 7.45. The number of ether oxygens (including phenoxy) is 1. The highest BCUT2D eigenvalue weighted by Crippen LogP contribution is 2.30. The Balaban J connectivity index is 1.71. The molecule has 1 fully saturated rings. The fourth-order valence-corrected chi connectivity index (χ4v) is 2.99. The molecule has 0 aromatic carbocycles. The number of amides is 4. The molecule has 0 saturated heterocycles. The lowest BCUT2D eigenvalue weighted by Crippen LogP contribution is -2.47. The molecule has 0 aromatic rings. The summed E-state index contributed by atoms with van der Waals surface area (Å²) in [4.78, 5) is 48.1. The van der Waals surface area contributed by atoms with Gasteiger partial charge in [-0.2, -0.15) is 0 Å². The lowest BCUT2D eigenvalue weighted by molar-refractivity contribution is -0.138. The number of hydrogen-bond donors (Lipinski definition) is 2. The molecule has 25 heavy (non-hydrogen) atoms. The maximum absolute atomic E-state index is 12.1. The highest BCUT2D eigenvalue weighted by atomic mass is 16.6. The maximum Gasteiger partial charge on any atom is 0.426 e. The third-order valence-corrected chi connectivity index (χ3v) is 4.25. The Morgan fingerprint density at radius 3 is 2.16 bits per heavy atom. The summed E-state index contributed by atoms with van der Waals surface area (Å²) in [7, 11) is 0. The first-order valence-electron chi connectivity index (χ1n) is 8.48. The van der Waals surface area contributed by atoms with E-state index in [4.69, 9.17) is 4.74 Å². The minimum Gasteiger partial charge on any atom is -0.443 e. The summed E-state index contributed by atoms with van der Waals surface area (Å²) in [6.07, 6.45) is 4.66. The molecule has 2 N–H and O–H groups in total. The molecular formula is C17H25N3O5. The lowest BCUT2D eigenvalue weighted by atomic mass is 9.81. The Labute approximate surface area is 146 Å². The monoisotopic (exact) mass is 351 g/mol. The molecular weight excluding hydrogens is 326 g/mol. The van der Waals surface area contributed by atoms with E-state index in [0.717, 1.165) is 12.8 Å². The molecule has 1 heterocycles. The van der Waals surface area contributed by atoms with Gasteiger partial charge >= 0.3 is 6.09 Å². The van der Waals surface area contributed by atoms with Crippen molar-refractivity contribution in [2.75, 3.05) is 6.54 Å². The van der Waals surface area contributed by atoms with Gasteiger partial charge in [0.1, 0.15) is 5.60 Å². The van der Waals surface area contributed by atoms with E-state index in [1.807, 2.05) is 0 Å². The van der Waals surface area contributed by atoms with Gasteiger partial charge in [0.05, 0.1) is 0 Å². The number of rotatable bonds is 3. The van der Waals surface area contributed by atoms with Crippen LogP contribution >= 0.6 is 0 Å². The molecule has 0 radical (unpaired) electrons. The summed E-state index contributed by atoms with van der Waals surface area (Å²) in [5.74, 6) is -0.790. The van der Waals surface area contributed by atoms with Gasteiger partial charge in [-0.1, -0.05) is 0 Å². The van der Waals surface area contributed by atoms with Crippen LogP contribution in [0.4, 0.5) is 4.79 Å². The number of nitrogens with zero attached hydrogens (tertiary/aromatic N) is 1. The number of imide groups is 1. The molecule has 1 saturated carbocycles.